The van der Waals surface area contributed by atoms with Crippen LogP contribution in [0.2, 0.25) is 0 Å². The molecular formula is C11H16O6S2. The van der Waals surface area contributed by atoms with Crippen LogP contribution >= 0.6 is 10.3 Å². The smallest absolute Gasteiger partial charge is 0.409 e. The highest BCUT2D eigenvalue weighted by Gasteiger charge is 2.24. The highest BCUT2D eigenvalue weighted by molar-refractivity contribution is 8.31. The van der Waals surface area contributed by atoms with Crippen molar-refractivity contribution in [1.82, 2.24) is 0 Å². The van der Waals surface area contributed by atoms with E-state index >= 15 is 0 Å². The Labute approximate surface area is 114 Å². The summed E-state index contributed by atoms with van der Waals surface area (Å²) in [4.78, 5) is 11.5. The van der Waals surface area contributed by atoms with Crippen LogP contribution in [0.25, 0.3) is 0 Å². The van der Waals surface area contributed by atoms with Crippen LogP contribution in [0, 0.1) is 0 Å². The van der Waals surface area contributed by atoms with E-state index in [1.807, 2.05) is 0 Å². The fourth-order valence-electron chi connectivity index (χ4n) is 1.28. The van der Waals surface area contributed by atoms with Crippen molar-refractivity contribution in [3.8, 4) is 5.75 Å². The maximum absolute atomic E-state index is 11.3. The summed E-state index contributed by atoms with van der Waals surface area (Å²) < 4.78 is 36.8. The largest absolute Gasteiger partial charge is 0.427 e. The number of carbonyl (C=O) groups is 1. The Kier molecular flexibility index (Phi) is 4.97. The Morgan fingerprint density at radius 1 is 1.11 bits per heavy atom. The minimum absolute atomic E-state index is 0.390. The first-order valence-corrected chi connectivity index (χ1v) is 8.90. The van der Waals surface area contributed by atoms with Gasteiger partial charge < -0.3 is 4.74 Å². The lowest BCUT2D eigenvalue weighted by Gasteiger charge is -2.29. The second-order valence-electron chi connectivity index (χ2n) is 3.94. The number of hydrogen-bond acceptors (Lipinski definition) is 6. The van der Waals surface area contributed by atoms with Crippen molar-refractivity contribution in [1.29, 1.82) is 0 Å². The minimum Gasteiger partial charge on any atom is -0.427 e. The average Bonchev–Trinajstić information content (AvgIpc) is 2.27. The molecule has 0 unspecified atom stereocenters. The molecule has 6 nitrogen and oxygen atoms in total. The SMILES string of the molecule is COS(=O)(=O)OS(C)(C)c1ccc(OC(C)=O)cc1. The van der Waals surface area contributed by atoms with Crippen LogP contribution in [0.4, 0.5) is 0 Å². The Balaban J connectivity index is 2.93. The molecule has 8 heteroatoms. The van der Waals surface area contributed by atoms with Gasteiger partial charge in [0.05, 0.1) is 7.11 Å². The third kappa shape index (κ3) is 4.83. The van der Waals surface area contributed by atoms with Crippen LogP contribution in [0.15, 0.2) is 29.2 Å². The van der Waals surface area contributed by atoms with Gasteiger partial charge in [-0.15, -0.1) is 0 Å². The van der Waals surface area contributed by atoms with Gasteiger partial charge >= 0.3 is 16.4 Å². The zero-order valence-electron chi connectivity index (χ0n) is 11.1. The van der Waals surface area contributed by atoms with Crippen molar-refractivity contribution in [2.45, 2.75) is 11.8 Å². The lowest BCUT2D eigenvalue weighted by Crippen LogP contribution is -2.11. The summed E-state index contributed by atoms with van der Waals surface area (Å²) in [5.74, 6) is -0.0291. The Morgan fingerprint density at radius 2 is 1.63 bits per heavy atom. The molecule has 0 saturated heterocycles. The van der Waals surface area contributed by atoms with Gasteiger partial charge in [0.15, 0.2) is 0 Å². The molecule has 0 N–H and O–H groups in total. The van der Waals surface area contributed by atoms with E-state index in [9.17, 15) is 13.2 Å². The van der Waals surface area contributed by atoms with Gasteiger partial charge in [0, 0.05) is 11.8 Å². The number of carbonyl (C=O) groups excluding carboxylic acids is 1. The quantitative estimate of drug-likeness (QED) is 0.610. The Morgan fingerprint density at radius 3 is 2.05 bits per heavy atom. The fourth-order valence-corrected chi connectivity index (χ4v) is 4.27. The summed E-state index contributed by atoms with van der Waals surface area (Å²) >= 11 is 0. The highest BCUT2D eigenvalue weighted by atomic mass is 32.3. The second kappa shape index (κ2) is 5.91. The summed E-state index contributed by atoms with van der Waals surface area (Å²) in [6, 6.07) is 6.46. The summed E-state index contributed by atoms with van der Waals surface area (Å²) in [6.07, 6.45) is 3.34. The number of hydrogen-bond donors (Lipinski definition) is 0. The van der Waals surface area contributed by atoms with Gasteiger partial charge in [-0.25, -0.2) is 0 Å². The fraction of sp³-hybridized carbons (Fsp3) is 0.364. The molecule has 0 aromatic heterocycles. The van der Waals surface area contributed by atoms with E-state index in [0.29, 0.717) is 10.6 Å². The minimum atomic E-state index is -4.00. The molecule has 0 aliphatic rings. The highest BCUT2D eigenvalue weighted by Crippen LogP contribution is 2.51. The van der Waals surface area contributed by atoms with Crippen LogP contribution in [0.5, 0.6) is 5.75 Å². The molecule has 1 rings (SSSR count). The molecule has 1 aromatic carbocycles. The van der Waals surface area contributed by atoms with Gasteiger partial charge in [-0.05, 0) is 36.8 Å². The van der Waals surface area contributed by atoms with Crippen LogP contribution in [-0.2, 0) is 23.0 Å². The number of benzene rings is 1. The zero-order chi connectivity index (χ0) is 14.7. The van der Waals surface area contributed by atoms with E-state index < -0.39 is 26.7 Å². The van der Waals surface area contributed by atoms with E-state index in [2.05, 4.69) is 4.18 Å². The van der Waals surface area contributed by atoms with Crippen molar-refractivity contribution in [3.05, 3.63) is 24.3 Å². The first-order valence-electron chi connectivity index (χ1n) is 5.20. The molecule has 0 fully saturated rings. The normalized spacial score (nSPS) is 13.1. The summed E-state index contributed by atoms with van der Waals surface area (Å²) in [5.41, 5.74) is 0. The first-order chi connectivity index (χ1) is 8.66. The van der Waals surface area contributed by atoms with Gasteiger partial charge in [0.2, 0.25) is 0 Å². The molecule has 0 radical (unpaired) electrons. The summed E-state index contributed by atoms with van der Waals surface area (Å²) in [5, 5.41) is 0. The molecule has 108 valence electrons. The van der Waals surface area contributed by atoms with Gasteiger partial charge in [0.25, 0.3) is 0 Å². The van der Waals surface area contributed by atoms with Crippen molar-refractivity contribution < 1.29 is 25.8 Å². The maximum atomic E-state index is 11.3. The first kappa shape index (κ1) is 16.0. The van der Waals surface area contributed by atoms with Crippen LogP contribution in [0.3, 0.4) is 0 Å². The lowest BCUT2D eigenvalue weighted by atomic mass is 10.3. The molecule has 1 aromatic rings. The van der Waals surface area contributed by atoms with Crippen molar-refractivity contribution >= 4 is 26.7 Å². The molecule has 0 aliphatic heterocycles. The molecule has 0 spiro atoms. The summed E-state index contributed by atoms with van der Waals surface area (Å²) in [6.45, 7) is 1.30. The summed E-state index contributed by atoms with van der Waals surface area (Å²) in [7, 11) is -5.00. The molecule has 0 bridgehead atoms. The van der Waals surface area contributed by atoms with Crippen LogP contribution < -0.4 is 4.74 Å². The van der Waals surface area contributed by atoms with E-state index in [0.717, 1.165) is 7.11 Å². The van der Waals surface area contributed by atoms with Crippen molar-refractivity contribution in [2.75, 3.05) is 19.6 Å². The molecule has 19 heavy (non-hydrogen) atoms. The predicted molar refractivity (Wildman–Crippen MR) is 72.5 cm³/mol. The molecule has 0 amide bonds. The number of ether oxygens (including phenoxy) is 1. The third-order valence-corrected chi connectivity index (χ3v) is 5.95. The lowest BCUT2D eigenvalue weighted by molar-refractivity contribution is -0.131. The topological polar surface area (TPSA) is 78.9 Å². The van der Waals surface area contributed by atoms with E-state index in [1.165, 1.54) is 6.92 Å². The van der Waals surface area contributed by atoms with Crippen LogP contribution in [0.1, 0.15) is 6.92 Å². The van der Waals surface area contributed by atoms with Gasteiger partial charge in [0.1, 0.15) is 5.75 Å². The second-order valence-corrected chi connectivity index (χ2v) is 8.57. The maximum Gasteiger partial charge on any atom is 0.409 e. The van der Waals surface area contributed by atoms with Crippen molar-refractivity contribution in [2.24, 2.45) is 0 Å². The van der Waals surface area contributed by atoms with Gasteiger partial charge in [-0.1, -0.05) is 10.3 Å². The average molecular weight is 308 g/mol. The Bertz CT molecular complexity index is 547. The number of rotatable bonds is 5. The molecule has 0 aliphatic carbocycles. The molecule has 0 heterocycles. The molecule has 0 saturated carbocycles. The number of esters is 1. The van der Waals surface area contributed by atoms with Gasteiger partial charge in [-0.3, -0.25) is 8.98 Å². The third-order valence-electron chi connectivity index (χ3n) is 2.11. The van der Waals surface area contributed by atoms with Gasteiger partial charge in [-0.2, -0.15) is 12.0 Å². The van der Waals surface area contributed by atoms with Crippen LogP contribution in [-0.4, -0.2) is 34.0 Å². The monoisotopic (exact) mass is 308 g/mol. The Hall–Kier alpha value is -1.09. The molecule has 0 atom stereocenters. The van der Waals surface area contributed by atoms with E-state index in [4.69, 9.17) is 8.37 Å². The standard InChI is InChI=1S/C11H16O6S2/c1-9(12)16-10-5-7-11(8-6-10)18(3,4)17-19(13,14)15-2/h5-8H,1-4H3. The molecular weight excluding hydrogens is 292 g/mol. The predicted octanol–water partition coefficient (Wildman–Crippen LogP) is 1.86. The van der Waals surface area contributed by atoms with Crippen molar-refractivity contribution in [3.63, 3.8) is 0 Å². The van der Waals surface area contributed by atoms with E-state index in [-0.39, 0.29) is 0 Å². The van der Waals surface area contributed by atoms with E-state index in [1.54, 1.807) is 36.8 Å². The zero-order valence-corrected chi connectivity index (χ0v) is 12.7.